The molecule has 1 aromatic carbocycles. The van der Waals surface area contributed by atoms with Crippen LogP contribution < -0.4 is 15.4 Å². The molecular formula is C23H29N5O3. The molecule has 0 aliphatic carbocycles. The van der Waals surface area contributed by atoms with Gasteiger partial charge in [-0.05, 0) is 30.7 Å². The SMILES string of the molecule is C=C(NCC1COC1)Nc1cn2nc(Oc3cccc(CC(C)=O)c3)ccc2n1.CC. The molecule has 164 valence electrons. The van der Waals surface area contributed by atoms with Crippen molar-refractivity contribution in [1.29, 1.82) is 0 Å². The van der Waals surface area contributed by atoms with Gasteiger partial charge in [0, 0.05) is 24.9 Å². The average molecular weight is 424 g/mol. The third-order valence-corrected chi connectivity index (χ3v) is 4.46. The van der Waals surface area contributed by atoms with Crippen LogP contribution in [0.15, 0.2) is 55.0 Å². The topological polar surface area (TPSA) is 89.8 Å². The van der Waals surface area contributed by atoms with Crippen LogP contribution in [0.4, 0.5) is 5.82 Å². The highest BCUT2D eigenvalue weighted by atomic mass is 16.5. The normalized spacial score (nSPS) is 13.0. The predicted molar refractivity (Wildman–Crippen MR) is 120 cm³/mol. The number of carbonyl (C=O) groups is 1. The van der Waals surface area contributed by atoms with E-state index in [0.717, 1.165) is 25.3 Å². The minimum Gasteiger partial charge on any atom is -0.438 e. The summed E-state index contributed by atoms with van der Waals surface area (Å²) in [6.07, 6.45) is 2.15. The maximum absolute atomic E-state index is 11.3. The Morgan fingerprint density at radius 2 is 2.10 bits per heavy atom. The smallest absolute Gasteiger partial charge is 0.237 e. The first-order valence-electron chi connectivity index (χ1n) is 10.5. The van der Waals surface area contributed by atoms with Gasteiger partial charge in [-0.15, -0.1) is 5.10 Å². The molecule has 1 aliphatic rings. The minimum atomic E-state index is 0.109. The van der Waals surface area contributed by atoms with Gasteiger partial charge in [0.1, 0.15) is 11.5 Å². The molecule has 0 amide bonds. The van der Waals surface area contributed by atoms with Crippen LogP contribution in [0, 0.1) is 5.92 Å². The Balaban J connectivity index is 0.00000132. The van der Waals surface area contributed by atoms with Crippen molar-refractivity contribution in [3.05, 3.63) is 60.6 Å². The molecule has 0 bridgehead atoms. The largest absolute Gasteiger partial charge is 0.438 e. The minimum absolute atomic E-state index is 0.109. The Labute approximate surface area is 182 Å². The zero-order valence-electron chi connectivity index (χ0n) is 18.2. The highest BCUT2D eigenvalue weighted by Gasteiger charge is 2.17. The molecule has 1 fully saturated rings. The Hall–Kier alpha value is -3.39. The summed E-state index contributed by atoms with van der Waals surface area (Å²) in [6, 6.07) is 11.0. The fourth-order valence-corrected chi connectivity index (χ4v) is 2.98. The van der Waals surface area contributed by atoms with E-state index in [1.807, 2.05) is 44.2 Å². The van der Waals surface area contributed by atoms with E-state index in [2.05, 4.69) is 27.3 Å². The van der Waals surface area contributed by atoms with E-state index in [1.165, 1.54) is 0 Å². The summed E-state index contributed by atoms with van der Waals surface area (Å²) in [7, 11) is 0. The molecule has 0 saturated carbocycles. The van der Waals surface area contributed by atoms with Gasteiger partial charge in [-0.1, -0.05) is 32.6 Å². The van der Waals surface area contributed by atoms with Crippen LogP contribution in [-0.2, 0) is 16.0 Å². The second kappa shape index (κ2) is 10.6. The van der Waals surface area contributed by atoms with Gasteiger partial charge in [0.2, 0.25) is 5.88 Å². The molecule has 0 spiro atoms. The second-order valence-electron chi connectivity index (χ2n) is 7.12. The maximum atomic E-state index is 11.3. The quantitative estimate of drug-likeness (QED) is 0.541. The number of carbonyl (C=O) groups excluding carboxylic acids is 1. The van der Waals surface area contributed by atoms with Crippen LogP contribution in [0.2, 0.25) is 0 Å². The van der Waals surface area contributed by atoms with Crippen molar-refractivity contribution in [1.82, 2.24) is 19.9 Å². The molecule has 3 heterocycles. The zero-order chi connectivity index (χ0) is 22.2. The van der Waals surface area contributed by atoms with E-state index in [0.29, 0.717) is 41.3 Å². The van der Waals surface area contributed by atoms with E-state index >= 15 is 0 Å². The van der Waals surface area contributed by atoms with Gasteiger partial charge in [-0.3, -0.25) is 4.79 Å². The van der Waals surface area contributed by atoms with Crippen molar-refractivity contribution in [2.75, 3.05) is 25.1 Å². The first kappa shape index (κ1) is 22.3. The lowest BCUT2D eigenvalue weighted by molar-refractivity contribution is -0.116. The standard InChI is InChI=1S/C21H23N5O3.C2H6/c1-14(27)8-16-4-3-5-18(9-16)29-21-7-6-20-24-19(11-26(20)25-21)23-15(2)22-10-17-12-28-13-17;1-2/h3-7,9,11,17,22-23H,2,8,10,12-13H2,1H3;1-2H3. The maximum Gasteiger partial charge on any atom is 0.237 e. The van der Waals surface area contributed by atoms with Crippen molar-refractivity contribution in [2.24, 2.45) is 5.92 Å². The molecule has 1 saturated heterocycles. The lowest BCUT2D eigenvalue weighted by Gasteiger charge is -2.26. The summed E-state index contributed by atoms with van der Waals surface area (Å²) in [6.45, 7) is 11.9. The van der Waals surface area contributed by atoms with Crippen molar-refractivity contribution >= 4 is 17.2 Å². The highest BCUT2D eigenvalue weighted by Crippen LogP contribution is 2.22. The number of fused-ring (bicyclic) bond motifs is 1. The van der Waals surface area contributed by atoms with E-state index < -0.39 is 0 Å². The van der Waals surface area contributed by atoms with Crippen molar-refractivity contribution in [3.63, 3.8) is 0 Å². The number of ketones is 1. The Morgan fingerprint density at radius 3 is 2.81 bits per heavy atom. The Morgan fingerprint density at radius 1 is 1.29 bits per heavy atom. The van der Waals surface area contributed by atoms with Crippen LogP contribution in [0.25, 0.3) is 5.65 Å². The molecule has 2 N–H and O–H groups in total. The number of ether oxygens (including phenoxy) is 2. The fraction of sp³-hybridized carbons (Fsp3) is 0.348. The van der Waals surface area contributed by atoms with Crippen molar-refractivity contribution in [2.45, 2.75) is 27.2 Å². The number of nitrogens with zero attached hydrogens (tertiary/aromatic N) is 3. The van der Waals surface area contributed by atoms with E-state index in [-0.39, 0.29) is 5.78 Å². The number of nitrogens with one attached hydrogen (secondary N) is 2. The first-order chi connectivity index (χ1) is 15.0. The molecule has 8 nitrogen and oxygen atoms in total. The number of benzene rings is 1. The molecule has 0 atom stereocenters. The van der Waals surface area contributed by atoms with E-state index in [9.17, 15) is 4.79 Å². The lowest BCUT2D eigenvalue weighted by Crippen LogP contribution is -2.37. The number of anilines is 1. The molecule has 2 aromatic heterocycles. The van der Waals surface area contributed by atoms with Gasteiger partial charge < -0.3 is 20.1 Å². The fourth-order valence-electron chi connectivity index (χ4n) is 2.98. The second-order valence-corrected chi connectivity index (χ2v) is 7.12. The van der Waals surface area contributed by atoms with Crippen molar-refractivity contribution < 1.29 is 14.3 Å². The van der Waals surface area contributed by atoms with Gasteiger partial charge >= 0.3 is 0 Å². The lowest BCUT2D eigenvalue weighted by atomic mass is 10.1. The third kappa shape index (κ3) is 6.29. The van der Waals surface area contributed by atoms with E-state index in [4.69, 9.17) is 9.47 Å². The predicted octanol–water partition coefficient (Wildman–Crippen LogP) is 3.80. The number of hydrogen-bond acceptors (Lipinski definition) is 7. The highest BCUT2D eigenvalue weighted by molar-refractivity contribution is 5.78. The molecular weight excluding hydrogens is 394 g/mol. The molecule has 4 rings (SSSR count). The van der Waals surface area contributed by atoms with Crippen molar-refractivity contribution in [3.8, 4) is 11.6 Å². The monoisotopic (exact) mass is 423 g/mol. The summed E-state index contributed by atoms with van der Waals surface area (Å²) in [4.78, 5) is 15.8. The summed E-state index contributed by atoms with van der Waals surface area (Å²) in [5.41, 5.74) is 1.59. The number of aromatic nitrogens is 3. The van der Waals surface area contributed by atoms with Crippen LogP contribution in [-0.4, -0.2) is 40.1 Å². The van der Waals surface area contributed by atoms with Gasteiger partial charge in [0.15, 0.2) is 11.5 Å². The van der Waals surface area contributed by atoms with Gasteiger partial charge in [-0.25, -0.2) is 9.50 Å². The van der Waals surface area contributed by atoms with E-state index in [1.54, 1.807) is 23.7 Å². The molecule has 1 aliphatic heterocycles. The molecule has 8 heteroatoms. The van der Waals surface area contributed by atoms with Crippen LogP contribution in [0.3, 0.4) is 0 Å². The molecule has 0 unspecified atom stereocenters. The summed E-state index contributed by atoms with van der Waals surface area (Å²) in [5.74, 6) is 3.02. The number of Topliss-reactive ketones (excluding diaryl/α,β-unsaturated/α-hetero) is 1. The van der Waals surface area contributed by atoms with Gasteiger partial charge in [0.25, 0.3) is 0 Å². The summed E-state index contributed by atoms with van der Waals surface area (Å²) < 4.78 is 12.7. The average Bonchev–Trinajstić information content (AvgIpc) is 3.09. The summed E-state index contributed by atoms with van der Waals surface area (Å²) >= 11 is 0. The Bertz CT molecular complexity index is 1040. The van der Waals surface area contributed by atoms with Crippen LogP contribution in [0.1, 0.15) is 26.3 Å². The van der Waals surface area contributed by atoms with Gasteiger partial charge in [0.05, 0.1) is 25.2 Å². The van der Waals surface area contributed by atoms with Gasteiger partial charge in [-0.2, -0.15) is 0 Å². The zero-order valence-corrected chi connectivity index (χ0v) is 18.2. The Kier molecular flexibility index (Phi) is 7.61. The summed E-state index contributed by atoms with van der Waals surface area (Å²) in [5, 5.41) is 10.8. The van der Waals surface area contributed by atoms with Crippen LogP contribution in [0.5, 0.6) is 11.6 Å². The third-order valence-electron chi connectivity index (χ3n) is 4.46. The number of imidazole rings is 1. The number of hydrogen-bond donors (Lipinski definition) is 2. The molecule has 3 aromatic rings. The first-order valence-corrected chi connectivity index (χ1v) is 10.5. The molecule has 31 heavy (non-hydrogen) atoms. The van der Waals surface area contributed by atoms with Crippen LogP contribution >= 0.6 is 0 Å². The molecule has 0 radical (unpaired) electrons. The number of rotatable bonds is 9.